The summed E-state index contributed by atoms with van der Waals surface area (Å²) in [5.74, 6) is 0. The van der Waals surface area contributed by atoms with Crippen molar-refractivity contribution in [1.29, 1.82) is 5.26 Å². The highest BCUT2D eigenvalue weighted by Crippen LogP contribution is 2.21. The van der Waals surface area contributed by atoms with Gasteiger partial charge in [-0.1, -0.05) is 6.42 Å². The molecule has 0 bridgehead atoms. The lowest BCUT2D eigenvalue weighted by Gasteiger charge is -2.44. The van der Waals surface area contributed by atoms with Crippen molar-refractivity contribution in [3.8, 4) is 6.07 Å². The van der Waals surface area contributed by atoms with Gasteiger partial charge in [-0.3, -0.25) is 4.90 Å². The van der Waals surface area contributed by atoms with Gasteiger partial charge >= 0.3 is 0 Å². The molecular formula is C16H30N4. The highest BCUT2D eigenvalue weighted by Gasteiger charge is 2.28. The van der Waals surface area contributed by atoms with E-state index in [1.165, 1.54) is 58.4 Å². The molecule has 2 fully saturated rings. The number of unbranched alkanes of at least 4 members (excludes halogenated alkanes) is 1. The minimum atomic E-state index is -0.345. The average Bonchev–Trinajstić information content (AvgIpc) is 2.51. The predicted molar refractivity (Wildman–Crippen MR) is 82.6 cm³/mol. The van der Waals surface area contributed by atoms with E-state index in [1.807, 2.05) is 14.0 Å². The van der Waals surface area contributed by atoms with Gasteiger partial charge in [0, 0.05) is 25.7 Å². The molecule has 2 unspecified atom stereocenters. The molecule has 0 aromatic heterocycles. The maximum absolute atomic E-state index is 9.13. The monoisotopic (exact) mass is 278 g/mol. The van der Waals surface area contributed by atoms with Gasteiger partial charge in [0.1, 0.15) is 5.54 Å². The summed E-state index contributed by atoms with van der Waals surface area (Å²) in [7, 11) is 1.88. The van der Waals surface area contributed by atoms with E-state index in [4.69, 9.17) is 5.26 Å². The lowest BCUT2D eigenvalue weighted by molar-refractivity contribution is 0.0485. The van der Waals surface area contributed by atoms with E-state index in [2.05, 4.69) is 21.2 Å². The standard InChI is InChI=1S/C16H30N4/c1-16(14-17,18-2)8-4-6-9-19-11-12-20-10-5-3-7-15(20)13-19/h15,18H,3-13H2,1-2H3. The maximum atomic E-state index is 9.13. The van der Waals surface area contributed by atoms with Crippen molar-refractivity contribution in [2.75, 3.05) is 39.8 Å². The van der Waals surface area contributed by atoms with Gasteiger partial charge in [0.25, 0.3) is 0 Å². The Balaban J connectivity index is 1.64. The molecule has 2 saturated heterocycles. The number of hydrogen-bond acceptors (Lipinski definition) is 4. The average molecular weight is 278 g/mol. The Kier molecular flexibility index (Phi) is 5.83. The van der Waals surface area contributed by atoms with Crippen LogP contribution in [0.1, 0.15) is 45.4 Å². The fraction of sp³-hybridized carbons (Fsp3) is 0.938. The van der Waals surface area contributed by atoms with Gasteiger partial charge in [0.05, 0.1) is 6.07 Å². The van der Waals surface area contributed by atoms with E-state index in [0.717, 1.165) is 18.9 Å². The van der Waals surface area contributed by atoms with Crippen molar-refractivity contribution in [3.05, 3.63) is 0 Å². The second-order valence-corrected chi connectivity index (χ2v) is 6.64. The lowest BCUT2D eigenvalue weighted by atomic mass is 9.96. The third-order valence-corrected chi connectivity index (χ3v) is 5.12. The minimum absolute atomic E-state index is 0.345. The Morgan fingerprint density at radius 2 is 2.10 bits per heavy atom. The molecule has 2 atom stereocenters. The van der Waals surface area contributed by atoms with E-state index in [-0.39, 0.29) is 5.54 Å². The first-order valence-electron chi connectivity index (χ1n) is 8.23. The number of piperazine rings is 1. The molecule has 0 aromatic carbocycles. The number of piperidine rings is 1. The largest absolute Gasteiger partial charge is 0.303 e. The van der Waals surface area contributed by atoms with Gasteiger partial charge in [-0.15, -0.1) is 0 Å². The zero-order valence-electron chi connectivity index (χ0n) is 13.2. The number of fused-ring (bicyclic) bond motifs is 1. The molecule has 2 rings (SSSR count). The smallest absolute Gasteiger partial charge is 0.103 e. The van der Waals surface area contributed by atoms with Crippen LogP contribution in [0.3, 0.4) is 0 Å². The van der Waals surface area contributed by atoms with E-state index in [9.17, 15) is 0 Å². The Labute approximate surface area is 124 Å². The van der Waals surface area contributed by atoms with Crippen LogP contribution in [0, 0.1) is 11.3 Å². The summed E-state index contributed by atoms with van der Waals surface area (Å²) in [6.07, 6.45) is 7.50. The van der Waals surface area contributed by atoms with Gasteiger partial charge < -0.3 is 10.2 Å². The molecule has 1 N–H and O–H groups in total. The van der Waals surface area contributed by atoms with Gasteiger partial charge in [0.2, 0.25) is 0 Å². The summed E-state index contributed by atoms with van der Waals surface area (Å²) in [6.45, 7) is 8.28. The van der Waals surface area contributed by atoms with E-state index in [0.29, 0.717) is 0 Å². The fourth-order valence-electron chi connectivity index (χ4n) is 3.47. The van der Waals surface area contributed by atoms with Gasteiger partial charge in [-0.05, 0) is 59.2 Å². The molecule has 0 radical (unpaired) electrons. The first kappa shape index (κ1) is 15.8. The maximum Gasteiger partial charge on any atom is 0.103 e. The minimum Gasteiger partial charge on any atom is -0.303 e. The van der Waals surface area contributed by atoms with Crippen LogP contribution in [0.2, 0.25) is 0 Å². The van der Waals surface area contributed by atoms with Crippen LogP contribution in [0.4, 0.5) is 0 Å². The Hall–Kier alpha value is -0.630. The summed E-state index contributed by atoms with van der Waals surface area (Å²) >= 11 is 0. The summed E-state index contributed by atoms with van der Waals surface area (Å²) in [5.41, 5.74) is -0.345. The van der Waals surface area contributed by atoms with Crippen molar-refractivity contribution in [1.82, 2.24) is 15.1 Å². The number of nitrogens with one attached hydrogen (secondary N) is 1. The number of nitriles is 1. The molecule has 4 nitrogen and oxygen atoms in total. The van der Waals surface area contributed by atoms with Crippen molar-refractivity contribution in [3.63, 3.8) is 0 Å². The Bertz CT molecular complexity index is 338. The summed E-state index contributed by atoms with van der Waals surface area (Å²) in [4.78, 5) is 5.32. The van der Waals surface area contributed by atoms with Crippen LogP contribution >= 0.6 is 0 Å². The molecule has 0 saturated carbocycles. The second kappa shape index (κ2) is 7.40. The molecule has 2 aliphatic rings. The number of nitrogens with zero attached hydrogens (tertiary/aromatic N) is 3. The van der Waals surface area contributed by atoms with Gasteiger partial charge in [-0.2, -0.15) is 5.26 Å². The molecule has 2 aliphatic heterocycles. The Morgan fingerprint density at radius 3 is 2.85 bits per heavy atom. The van der Waals surface area contributed by atoms with Crippen LogP contribution in [-0.4, -0.2) is 61.2 Å². The van der Waals surface area contributed by atoms with Crippen LogP contribution in [0.5, 0.6) is 0 Å². The first-order valence-corrected chi connectivity index (χ1v) is 8.23. The van der Waals surface area contributed by atoms with Gasteiger partial charge in [0.15, 0.2) is 0 Å². The van der Waals surface area contributed by atoms with Crippen molar-refractivity contribution in [2.24, 2.45) is 0 Å². The van der Waals surface area contributed by atoms with E-state index < -0.39 is 0 Å². The third-order valence-electron chi connectivity index (χ3n) is 5.12. The first-order chi connectivity index (χ1) is 9.67. The molecule has 0 aliphatic carbocycles. The topological polar surface area (TPSA) is 42.3 Å². The molecule has 2 heterocycles. The third kappa shape index (κ3) is 4.18. The number of hydrogen-bond donors (Lipinski definition) is 1. The predicted octanol–water partition coefficient (Wildman–Crippen LogP) is 1.83. The molecular weight excluding hydrogens is 248 g/mol. The SMILES string of the molecule is CNC(C)(C#N)CCCCN1CCN2CCCCC2C1. The van der Waals surface area contributed by atoms with Crippen LogP contribution < -0.4 is 5.32 Å². The van der Waals surface area contributed by atoms with E-state index >= 15 is 0 Å². The van der Waals surface area contributed by atoms with Crippen LogP contribution in [0.15, 0.2) is 0 Å². The Morgan fingerprint density at radius 1 is 1.25 bits per heavy atom. The molecule has 0 aromatic rings. The van der Waals surface area contributed by atoms with Crippen molar-refractivity contribution in [2.45, 2.75) is 57.0 Å². The zero-order chi connectivity index (χ0) is 14.4. The quantitative estimate of drug-likeness (QED) is 0.753. The zero-order valence-corrected chi connectivity index (χ0v) is 13.2. The van der Waals surface area contributed by atoms with Crippen LogP contribution in [0.25, 0.3) is 0 Å². The second-order valence-electron chi connectivity index (χ2n) is 6.64. The highest BCUT2D eigenvalue weighted by molar-refractivity contribution is 5.02. The van der Waals surface area contributed by atoms with Gasteiger partial charge in [-0.25, -0.2) is 0 Å². The van der Waals surface area contributed by atoms with E-state index in [1.54, 1.807) is 0 Å². The van der Waals surface area contributed by atoms with Crippen molar-refractivity contribution >= 4 is 0 Å². The molecule has 0 spiro atoms. The lowest BCUT2D eigenvalue weighted by Crippen LogP contribution is -2.54. The normalized spacial score (nSPS) is 27.6. The molecule has 114 valence electrons. The molecule has 20 heavy (non-hydrogen) atoms. The number of rotatable bonds is 6. The fourth-order valence-corrected chi connectivity index (χ4v) is 3.47. The molecule has 0 amide bonds. The molecule has 4 heteroatoms. The van der Waals surface area contributed by atoms with Crippen molar-refractivity contribution < 1.29 is 0 Å². The summed E-state index contributed by atoms with van der Waals surface area (Å²) in [5, 5.41) is 12.3. The highest BCUT2D eigenvalue weighted by atomic mass is 15.3. The van der Waals surface area contributed by atoms with Crippen LogP contribution in [-0.2, 0) is 0 Å². The summed E-state index contributed by atoms with van der Waals surface area (Å²) < 4.78 is 0. The summed E-state index contributed by atoms with van der Waals surface area (Å²) in [6, 6.07) is 3.19.